The third-order valence-electron chi connectivity index (χ3n) is 7.05. The summed E-state index contributed by atoms with van der Waals surface area (Å²) in [6.45, 7) is 1.55. The van der Waals surface area contributed by atoms with Gasteiger partial charge in [-0.2, -0.15) is 0 Å². The molecule has 212 valence electrons. The Morgan fingerprint density at radius 3 is 2.17 bits per heavy atom. The maximum atomic E-state index is 12.5. The Labute approximate surface area is 240 Å². The maximum Gasteiger partial charge on any atom is 0.463 e. The molecule has 2 heterocycles. The number of ether oxygens (including phenoxy) is 1. The van der Waals surface area contributed by atoms with E-state index in [1.54, 1.807) is 6.92 Å². The van der Waals surface area contributed by atoms with E-state index in [0.29, 0.717) is 17.1 Å². The zero-order valence-corrected chi connectivity index (χ0v) is 23.4. The summed E-state index contributed by atoms with van der Waals surface area (Å²) < 4.78 is 26.4. The van der Waals surface area contributed by atoms with Crippen molar-refractivity contribution >= 4 is 30.1 Å². The van der Waals surface area contributed by atoms with E-state index in [0.717, 1.165) is 21.5 Å². The Kier molecular flexibility index (Phi) is 7.90. The van der Waals surface area contributed by atoms with Crippen LogP contribution >= 0.6 is 8.60 Å². The molecular weight excluding hydrogens is 557 g/mol. The number of hydrogen-bond donors (Lipinski definition) is 1. The van der Waals surface area contributed by atoms with Crippen molar-refractivity contribution in [2.24, 2.45) is 5.11 Å². The van der Waals surface area contributed by atoms with Gasteiger partial charge in [0, 0.05) is 33.9 Å². The molecule has 1 N–H and O–H groups in total. The van der Waals surface area contributed by atoms with Gasteiger partial charge in [0.15, 0.2) is 0 Å². The van der Waals surface area contributed by atoms with E-state index in [1.165, 1.54) is 10.8 Å². The molecule has 12 heteroatoms. The highest BCUT2D eigenvalue weighted by molar-refractivity contribution is 7.42. The van der Waals surface area contributed by atoms with Gasteiger partial charge in [-0.3, -0.25) is 18.9 Å². The van der Waals surface area contributed by atoms with E-state index in [9.17, 15) is 15.1 Å². The summed E-state index contributed by atoms with van der Waals surface area (Å²) >= 11 is 0. The Balaban J connectivity index is 1.28. The van der Waals surface area contributed by atoms with Gasteiger partial charge in [0.2, 0.25) is 0 Å². The standard InChI is InChI=1S/C30H26N5O6P/c1-19-17-35(30(37)32-29(19)36)28-16-24(33-34-31)27(39-28)18-38-42(40-25-14-6-10-20-8-2-4-12-22(20)25)41-26-15-7-11-21-9-3-5-13-23(21)26/h2-15,17,24,27-28H,16,18H2,1H3,(H,32,36,37)/t24-,27+,28+/m0/s1. The molecule has 0 amide bonds. The lowest BCUT2D eigenvalue weighted by Gasteiger charge is -2.22. The van der Waals surface area contributed by atoms with E-state index in [4.69, 9.17) is 18.3 Å². The third kappa shape index (κ3) is 5.72. The first-order chi connectivity index (χ1) is 20.5. The quantitative estimate of drug-likeness (QED) is 0.0907. The van der Waals surface area contributed by atoms with Gasteiger partial charge in [-0.15, -0.1) is 0 Å². The average molecular weight is 584 g/mol. The molecule has 42 heavy (non-hydrogen) atoms. The second-order valence-electron chi connectivity index (χ2n) is 9.77. The Hall–Kier alpha value is -4.66. The van der Waals surface area contributed by atoms with Crippen molar-refractivity contribution < 1.29 is 18.3 Å². The molecule has 6 rings (SSSR count). The summed E-state index contributed by atoms with van der Waals surface area (Å²) in [6.07, 6.45) is 0.182. The van der Waals surface area contributed by atoms with E-state index in [1.807, 2.05) is 84.9 Å². The molecule has 0 saturated carbocycles. The Morgan fingerprint density at radius 1 is 0.952 bits per heavy atom. The molecule has 1 saturated heterocycles. The largest absolute Gasteiger partial charge is 0.463 e. The number of nitrogens with zero attached hydrogens (tertiary/aromatic N) is 4. The van der Waals surface area contributed by atoms with Crippen LogP contribution in [0.2, 0.25) is 0 Å². The van der Waals surface area contributed by atoms with Crippen molar-refractivity contribution in [3.63, 3.8) is 0 Å². The van der Waals surface area contributed by atoms with E-state index >= 15 is 0 Å². The van der Waals surface area contributed by atoms with Crippen LogP contribution in [0.5, 0.6) is 11.5 Å². The van der Waals surface area contributed by atoms with Crippen LogP contribution in [0.3, 0.4) is 0 Å². The van der Waals surface area contributed by atoms with Gasteiger partial charge in [0.25, 0.3) is 5.56 Å². The Bertz CT molecular complexity index is 1830. The molecule has 0 radical (unpaired) electrons. The number of aromatic amines is 1. The summed E-state index contributed by atoms with van der Waals surface area (Å²) in [6, 6.07) is 26.5. The minimum atomic E-state index is -2.02. The van der Waals surface area contributed by atoms with Crippen LogP contribution < -0.4 is 20.3 Å². The van der Waals surface area contributed by atoms with Crippen LogP contribution in [0, 0.1) is 6.92 Å². The predicted molar refractivity (Wildman–Crippen MR) is 160 cm³/mol. The van der Waals surface area contributed by atoms with Crippen molar-refractivity contribution in [2.45, 2.75) is 31.7 Å². The molecule has 3 atom stereocenters. The van der Waals surface area contributed by atoms with Crippen LogP contribution in [0.1, 0.15) is 18.2 Å². The van der Waals surface area contributed by atoms with E-state index < -0.39 is 38.2 Å². The topological polar surface area (TPSA) is 141 Å². The summed E-state index contributed by atoms with van der Waals surface area (Å²) in [5, 5.41) is 7.69. The molecule has 1 aliphatic heterocycles. The van der Waals surface area contributed by atoms with E-state index in [2.05, 4.69) is 15.0 Å². The molecular formula is C30H26N5O6P. The lowest BCUT2D eigenvalue weighted by atomic mass is 10.1. The third-order valence-corrected chi connectivity index (χ3v) is 8.10. The monoisotopic (exact) mass is 583 g/mol. The maximum absolute atomic E-state index is 12.5. The molecule has 11 nitrogen and oxygen atoms in total. The summed E-state index contributed by atoms with van der Waals surface area (Å²) in [7, 11) is -2.02. The van der Waals surface area contributed by atoms with Gasteiger partial charge >= 0.3 is 14.3 Å². The lowest BCUT2D eigenvalue weighted by Crippen LogP contribution is -2.33. The molecule has 4 aromatic carbocycles. The van der Waals surface area contributed by atoms with Crippen LogP contribution in [-0.4, -0.2) is 28.3 Å². The molecule has 1 fully saturated rings. The summed E-state index contributed by atoms with van der Waals surface area (Å²) in [5.74, 6) is 1.18. The number of azide groups is 1. The van der Waals surface area contributed by atoms with Gasteiger partial charge in [-0.1, -0.05) is 77.9 Å². The first kappa shape index (κ1) is 27.5. The molecule has 0 spiro atoms. The van der Waals surface area contributed by atoms with Crippen molar-refractivity contribution in [3.8, 4) is 11.5 Å². The normalized spacial score (nSPS) is 18.3. The van der Waals surface area contributed by atoms with Crippen molar-refractivity contribution in [1.82, 2.24) is 9.55 Å². The molecule has 0 bridgehead atoms. The fraction of sp³-hybridized carbons (Fsp3) is 0.200. The average Bonchev–Trinajstić information content (AvgIpc) is 3.40. The first-order valence-corrected chi connectivity index (χ1v) is 14.4. The van der Waals surface area contributed by atoms with Crippen LogP contribution in [0.25, 0.3) is 32.0 Å². The van der Waals surface area contributed by atoms with Crippen molar-refractivity contribution in [2.75, 3.05) is 6.61 Å². The molecule has 0 unspecified atom stereocenters. The number of nitrogens with one attached hydrogen (secondary N) is 1. The SMILES string of the molecule is Cc1cn([C@H]2C[C@H](N=[N+]=[N-])[C@@H](COP(Oc3cccc4ccccc34)Oc3cccc4ccccc34)O2)c(=O)[nH]c1=O. The molecule has 0 aliphatic carbocycles. The summed E-state index contributed by atoms with van der Waals surface area (Å²) in [5.41, 5.74) is 8.48. The highest BCUT2D eigenvalue weighted by Crippen LogP contribution is 2.46. The number of aromatic nitrogens is 2. The van der Waals surface area contributed by atoms with Gasteiger partial charge in [-0.25, -0.2) is 4.79 Å². The summed E-state index contributed by atoms with van der Waals surface area (Å²) in [4.78, 5) is 29.6. The zero-order chi connectivity index (χ0) is 29.1. The lowest BCUT2D eigenvalue weighted by molar-refractivity contribution is -0.0235. The Morgan fingerprint density at radius 2 is 1.55 bits per heavy atom. The smallest absolute Gasteiger partial charge is 0.417 e. The minimum Gasteiger partial charge on any atom is -0.417 e. The number of rotatable bonds is 9. The van der Waals surface area contributed by atoms with E-state index in [-0.39, 0.29) is 13.0 Å². The predicted octanol–water partition coefficient (Wildman–Crippen LogP) is 6.52. The highest BCUT2D eigenvalue weighted by atomic mass is 31.2. The number of fused-ring (bicyclic) bond motifs is 2. The van der Waals surface area contributed by atoms with Gasteiger partial charge in [0.05, 0.1) is 18.8 Å². The fourth-order valence-electron chi connectivity index (χ4n) is 4.94. The van der Waals surface area contributed by atoms with Gasteiger partial charge in [0.1, 0.15) is 17.7 Å². The molecule has 1 aromatic heterocycles. The van der Waals surface area contributed by atoms with Gasteiger partial charge in [-0.05, 0) is 35.4 Å². The zero-order valence-electron chi connectivity index (χ0n) is 22.5. The number of aryl methyl sites for hydroxylation is 1. The number of H-pyrrole nitrogens is 1. The van der Waals surface area contributed by atoms with Gasteiger partial charge < -0.3 is 13.8 Å². The fourth-order valence-corrected chi connectivity index (χ4v) is 5.99. The number of benzene rings is 4. The second-order valence-corrected chi connectivity index (χ2v) is 10.8. The van der Waals surface area contributed by atoms with Crippen LogP contribution in [0.4, 0.5) is 0 Å². The molecule has 1 aliphatic rings. The van der Waals surface area contributed by atoms with Crippen LogP contribution in [0.15, 0.2) is 106 Å². The highest BCUT2D eigenvalue weighted by Gasteiger charge is 2.38. The minimum absolute atomic E-state index is 0.0431. The first-order valence-electron chi connectivity index (χ1n) is 13.3. The number of hydrogen-bond acceptors (Lipinski definition) is 7. The molecule has 5 aromatic rings. The van der Waals surface area contributed by atoms with Crippen molar-refractivity contribution in [3.05, 3.63) is 128 Å². The van der Waals surface area contributed by atoms with Crippen molar-refractivity contribution in [1.29, 1.82) is 0 Å². The van der Waals surface area contributed by atoms with Crippen LogP contribution in [-0.2, 0) is 9.26 Å². The second kappa shape index (κ2) is 12.1.